The standard InChI is InChI=1S/C10H15IN2O2/c1-10(2,5-9(12)14)13-6-7-3-4-8(11)15-7/h3-4,13H,5-6H2,1-2H3,(H2,12,14). The van der Waals surface area contributed by atoms with Crippen molar-refractivity contribution in [3.63, 3.8) is 0 Å². The third-order valence-corrected chi connectivity index (χ3v) is 2.57. The number of hydrogen-bond donors (Lipinski definition) is 2. The average Bonchev–Trinajstić information content (AvgIpc) is 2.46. The summed E-state index contributed by atoms with van der Waals surface area (Å²) < 4.78 is 6.25. The molecule has 0 atom stereocenters. The van der Waals surface area contributed by atoms with Crippen LogP contribution in [0.4, 0.5) is 0 Å². The largest absolute Gasteiger partial charge is 0.454 e. The van der Waals surface area contributed by atoms with Crippen molar-refractivity contribution in [2.24, 2.45) is 5.73 Å². The molecule has 0 saturated heterocycles. The van der Waals surface area contributed by atoms with Gasteiger partial charge in [-0.1, -0.05) is 0 Å². The number of rotatable bonds is 5. The van der Waals surface area contributed by atoms with Crippen molar-refractivity contribution >= 4 is 28.5 Å². The number of halogens is 1. The Morgan fingerprint density at radius 3 is 2.73 bits per heavy atom. The number of primary amides is 1. The number of nitrogens with one attached hydrogen (secondary N) is 1. The van der Waals surface area contributed by atoms with E-state index >= 15 is 0 Å². The van der Waals surface area contributed by atoms with E-state index in [1.807, 2.05) is 26.0 Å². The molecule has 1 aromatic rings. The Kier molecular flexibility index (Phi) is 4.15. The molecule has 0 aromatic carbocycles. The molecular formula is C10H15IN2O2. The van der Waals surface area contributed by atoms with Gasteiger partial charge in [0.2, 0.25) is 5.91 Å². The van der Waals surface area contributed by atoms with Crippen LogP contribution in [0.5, 0.6) is 0 Å². The summed E-state index contributed by atoms with van der Waals surface area (Å²) in [5.74, 6) is 0.554. The summed E-state index contributed by atoms with van der Waals surface area (Å²) in [5, 5.41) is 3.22. The van der Waals surface area contributed by atoms with Crippen molar-refractivity contribution in [2.45, 2.75) is 32.4 Å². The monoisotopic (exact) mass is 322 g/mol. The molecule has 1 amide bonds. The molecule has 1 aromatic heterocycles. The number of hydrogen-bond acceptors (Lipinski definition) is 3. The summed E-state index contributed by atoms with van der Waals surface area (Å²) in [7, 11) is 0. The molecule has 3 N–H and O–H groups in total. The molecule has 0 aliphatic carbocycles. The first-order valence-electron chi connectivity index (χ1n) is 4.66. The summed E-state index contributed by atoms with van der Waals surface area (Å²) >= 11 is 2.11. The summed E-state index contributed by atoms with van der Waals surface area (Å²) in [4.78, 5) is 10.8. The van der Waals surface area contributed by atoms with E-state index in [9.17, 15) is 4.79 Å². The smallest absolute Gasteiger partial charge is 0.219 e. The lowest BCUT2D eigenvalue weighted by atomic mass is 10.0. The number of amides is 1. The highest BCUT2D eigenvalue weighted by molar-refractivity contribution is 14.1. The summed E-state index contributed by atoms with van der Waals surface area (Å²) in [6, 6.07) is 3.81. The van der Waals surface area contributed by atoms with E-state index in [0.717, 1.165) is 9.53 Å². The van der Waals surface area contributed by atoms with Crippen molar-refractivity contribution < 1.29 is 9.21 Å². The van der Waals surface area contributed by atoms with E-state index in [0.29, 0.717) is 13.0 Å². The lowest BCUT2D eigenvalue weighted by Gasteiger charge is -2.24. The van der Waals surface area contributed by atoms with Crippen LogP contribution in [0.1, 0.15) is 26.0 Å². The molecule has 0 saturated carbocycles. The lowest BCUT2D eigenvalue weighted by molar-refractivity contribution is -0.119. The molecule has 0 aliphatic rings. The Morgan fingerprint density at radius 2 is 2.27 bits per heavy atom. The van der Waals surface area contributed by atoms with Crippen LogP contribution in [0.2, 0.25) is 0 Å². The Bertz CT molecular complexity index is 347. The first-order valence-corrected chi connectivity index (χ1v) is 5.74. The van der Waals surface area contributed by atoms with Gasteiger partial charge in [-0.3, -0.25) is 4.79 Å². The maximum atomic E-state index is 10.8. The van der Waals surface area contributed by atoms with Crippen LogP contribution < -0.4 is 11.1 Å². The van der Waals surface area contributed by atoms with Gasteiger partial charge in [-0.15, -0.1) is 0 Å². The van der Waals surface area contributed by atoms with E-state index in [1.165, 1.54) is 0 Å². The van der Waals surface area contributed by atoms with Gasteiger partial charge < -0.3 is 15.5 Å². The zero-order chi connectivity index (χ0) is 11.5. The van der Waals surface area contributed by atoms with Gasteiger partial charge in [-0.25, -0.2) is 0 Å². The van der Waals surface area contributed by atoms with Crippen LogP contribution in [-0.4, -0.2) is 11.4 Å². The van der Waals surface area contributed by atoms with E-state index in [4.69, 9.17) is 10.2 Å². The van der Waals surface area contributed by atoms with Crippen LogP contribution in [0.25, 0.3) is 0 Å². The molecule has 0 fully saturated rings. The highest BCUT2D eigenvalue weighted by atomic mass is 127. The topological polar surface area (TPSA) is 68.3 Å². The molecule has 0 bridgehead atoms. The fourth-order valence-electron chi connectivity index (χ4n) is 1.27. The number of carbonyl (C=O) groups is 1. The molecule has 15 heavy (non-hydrogen) atoms. The minimum Gasteiger partial charge on any atom is -0.454 e. The Labute approximate surface area is 103 Å². The predicted molar refractivity (Wildman–Crippen MR) is 66.2 cm³/mol. The fraction of sp³-hybridized carbons (Fsp3) is 0.500. The molecule has 1 heterocycles. The Balaban J connectivity index is 2.45. The zero-order valence-corrected chi connectivity index (χ0v) is 11.0. The van der Waals surface area contributed by atoms with Gasteiger partial charge in [0.05, 0.1) is 6.54 Å². The van der Waals surface area contributed by atoms with Gasteiger partial charge in [0.15, 0.2) is 3.77 Å². The number of nitrogens with two attached hydrogens (primary N) is 1. The first-order chi connectivity index (χ1) is 6.89. The van der Waals surface area contributed by atoms with E-state index in [1.54, 1.807) is 0 Å². The zero-order valence-electron chi connectivity index (χ0n) is 8.84. The fourth-order valence-corrected chi connectivity index (χ4v) is 1.73. The average molecular weight is 322 g/mol. The second kappa shape index (κ2) is 4.98. The normalized spacial score (nSPS) is 11.7. The minimum absolute atomic E-state index is 0.302. The molecule has 1 rings (SSSR count). The molecule has 0 radical (unpaired) electrons. The molecule has 5 heteroatoms. The molecule has 0 unspecified atom stereocenters. The molecule has 0 aliphatic heterocycles. The predicted octanol–water partition coefficient (Wildman–Crippen LogP) is 1.63. The first kappa shape index (κ1) is 12.5. The third-order valence-electron chi connectivity index (χ3n) is 1.99. The van der Waals surface area contributed by atoms with E-state index in [-0.39, 0.29) is 11.4 Å². The highest BCUT2D eigenvalue weighted by Gasteiger charge is 2.20. The highest BCUT2D eigenvalue weighted by Crippen LogP contribution is 2.13. The van der Waals surface area contributed by atoms with Crippen LogP contribution >= 0.6 is 22.6 Å². The van der Waals surface area contributed by atoms with Crippen LogP contribution in [0.3, 0.4) is 0 Å². The maximum absolute atomic E-state index is 10.8. The molecule has 0 spiro atoms. The van der Waals surface area contributed by atoms with Crippen molar-refractivity contribution in [1.29, 1.82) is 0 Å². The Hall–Kier alpha value is -0.560. The molecule has 4 nitrogen and oxygen atoms in total. The third kappa shape index (κ3) is 4.65. The summed E-state index contributed by atoms with van der Waals surface area (Å²) in [6.45, 7) is 4.47. The molecule has 84 valence electrons. The van der Waals surface area contributed by atoms with Crippen LogP contribution in [0.15, 0.2) is 16.5 Å². The quantitative estimate of drug-likeness (QED) is 0.810. The van der Waals surface area contributed by atoms with Gasteiger partial charge in [0, 0.05) is 12.0 Å². The maximum Gasteiger partial charge on any atom is 0.219 e. The SMILES string of the molecule is CC(C)(CC(N)=O)NCc1ccc(I)o1. The lowest BCUT2D eigenvalue weighted by Crippen LogP contribution is -2.42. The van der Waals surface area contributed by atoms with Crippen molar-refractivity contribution in [3.8, 4) is 0 Å². The second-order valence-electron chi connectivity index (χ2n) is 4.09. The molecular weight excluding hydrogens is 307 g/mol. The number of furan rings is 1. The Morgan fingerprint density at radius 1 is 1.60 bits per heavy atom. The van der Waals surface area contributed by atoms with Crippen LogP contribution in [0, 0.1) is 3.77 Å². The second-order valence-corrected chi connectivity index (χ2v) is 5.15. The van der Waals surface area contributed by atoms with Crippen molar-refractivity contribution in [1.82, 2.24) is 5.32 Å². The van der Waals surface area contributed by atoms with Gasteiger partial charge in [-0.2, -0.15) is 0 Å². The van der Waals surface area contributed by atoms with Gasteiger partial charge >= 0.3 is 0 Å². The van der Waals surface area contributed by atoms with Gasteiger partial charge in [0.25, 0.3) is 0 Å². The van der Waals surface area contributed by atoms with Gasteiger partial charge in [-0.05, 0) is 48.6 Å². The van der Waals surface area contributed by atoms with Crippen LogP contribution in [-0.2, 0) is 11.3 Å². The van der Waals surface area contributed by atoms with Gasteiger partial charge in [0.1, 0.15) is 5.76 Å². The van der Waals surface area contributed by atoms with Crippen molar-refractivity contribution in [3.05, 3.63) is 21.7 Å². The van der Waals surface area contributed by atoms with E-state index < -0.39 is 0 Å². The number of carbonyl (C=O) groups excluding carboxylic acids is 1. The van der Waals surface area contributed by atoms with Crippen molar-refractivity contribution in [2.75, 3.05) is 0 Å². The minimum atomic E-state index is -0.304. The van der Waals surface area contributed by atoms with E-state index in [2.05, 4.69) is 27.9 Å². The summed E-state index contributed by atoms with van der Waals surface area (Å²) in [5.41, 5.74) is 4.85. The summed E-state index contributed by atoms with van der Waals surface area (Å²) in [6.07, 6.45) is 0.310.